The van der Waals surface area contributed by atoms with Crippen LogP contribution >= 0.6 is 11.6 Å². The monoisotopic (exact) mass is 381 g/mol. The van der Waals surface area contributed by atoms with Crippen molar-refractivity contribution in [1.29, 1.82) is 0 Å². The number of nitrogens with one attached hydrogen (secondary N) is 1. The quantitative estimate of drug-likeness (QED) is 0.551. The number of carbonyl (C=O) groups excluding carboxylic acids is 1. The first-order chi connectivity index (χ1) is 13.2. The average Bonchev–Trinajstić information content (AvgIpc) is 2.69. The van der Waals surface area contributed by atoms with Gasteiger partial charge in [-0.2, -0.15) is 0 Å². The van der Waals surface area contributed by atoms with Gasteiger partial charge in [0.2, 0.25) is 0 Å². The molecule has 3 rings (SSSR count). The van der Waals surface area contributed by atoms with Gasteiger partial charge in [-0.15, -0.1) is 0 Å². The van der Waals surface area contributed by atoms with Gasteiger partial charge < -0.3 is 14.8 Å². The van der Waals surface area contributed by atoms with Crippen LogP contribution in [0, 0.1) is 0 Å². The highest BCUT2D eigenvalue weighted by Crippen LogP contribution is 2.30. The highest BCUT2D eigenvalue weighted by molar-refractivity contribution is 6.32. The molecular weight excluding hydrogens is 362 g/mol. The maximum atomic E-state index is 12.7. The van der Waals surface area contributed by atoms with Crippen LogP contribution in [0.25, 0.3) is 0 Å². The van der Waals surface area contributed by atoms with E-state index in [1.165, 1.54) is 0 Å². The molecule has 1 N–H and O–H groups in total. The molecule has 0 heterocycles. The zero-order valence-corrected chi connectivity index (χ0v) is 15.6. The molecule has 0 bridgehead atoms. The third-order valence-electron chi connectivity index (χ3n) is 3.89. The van der Waals surface area contributed by atoms with E-state index in [4.69, 9.17) is 21.1 Å². The molecule has 3 aromatic carbocycles. The van der Waals surface area contributed by atoms with E-state index in [0.717, 1.165) is 0 Å². The van der Waals surface area contributed by atoms with E-state index in [2.05, 4.69) is 5.32 Å². The number of anilines is 1. The van der Waals surface area contributed by atoms with Crippen LogP contribution in [0.1, 0.15) is 13.3 Å². The predicted octanol–water partition coefficient (Wildman–Crippen LogP) is 5.93. The number of rotatable bonds is 7. The van der Waals surface area contributed by atoms with Gasteiger partial charge in [-0.3, -0.25) is 4.79 Å². The summed E-state index contributed by atoms with van der Waals surface area (Å²) in [6, 6.07) is 23.8. The molecule has 0 aromatic heterocycles. The lowest BCUT2D eigenvalue weighted by Gasteiger charge is -2.19. The first-order valence-electron chi connectivity index (χ1n) is 8.71. The van der Waals surface area contributed by atoms with Crippen molar-refractivity contribution in [2.24, 2.45) is 0 Å². The van der Waals surface area contributed by atoms with Gasteiger partial charge in [0.25, 0.3) is 5.91 Å². The Balaban J connectivity index is 1.74. The number of para-hydroxylation sites is 4. The van der Waals surface area contributed by atoms with Crippen molar-refractivity contribution in [1.82, 2.24) is 0 Å². The fourth-order valence-corrected chi connectivity index (χ4v) is 2.68. The molecule has 0 aliphatic rings. The van der Waals surface area contributed by atoms with Crippen LogP contribution in [0.3, 0.4) is 0 Å². The Morgan fingerprint density at radius 1 is 0.926 bits per heavy atom. The minimum Gasteiger partial charge on any atom is -0.479 e. The Morgan fingerprint density at radius 3 is 2.26 bits per heavy atom. The Morgan fingerprint density at radius 2 is 1.56 bits per heavy atom. The molecule has 3 aromatic rings. The molecule has 0 aliphatic heterocycles. The van der Waals surface area contributed by atoms with Crippen LogP contribution in [-0.4, -0.2) is 12.0 Å². The van der Waals surface area contributed by atoms with Crippen LogP contribution in [0.2, 0.25) is 5.02 Å². The SMILES string of the molecule is CC[C@H](Oc1ccccc1Cl)C(=O)Nc1ccccc1Oc1ccccc1. The second-order valence-electron chi connectivity index (χ2n) is 5.85. The fourth-order valence-electron chi connectivity index (χ4n) is 2.50. The third-order valence-corrected chi connectivity index (χ3v) is 4.20. The fraction of sp³-hybridized carbons (Fsp3) is 0.136. The van der Waals surface area contributed by atoms with Crippen molar-refractivity contribution >= 4 is 23.2 Å². The number of ether oxygens (including phenoxy) is 2. The largest absolute Gasteiger partial charge is 0.479 e. The zero-order chi connectivity index (χ0) is 19.1. The molecule has 0 saturated carbocycles. The van der Waals surface area contributed by atoms with Gasteiger partial charge in [0, 0.05) is 0 Å². The number of carbonyl (C=O) groups is 1. The van der Waals surface area contributed by atoms with Crippen LogP contribution in [-0.2, 0) is 4.79 Å². The highest BCUT2D eigenvalue weighted by Gasteiger charge is 2.21. The lowest BCUT2D eigenvalue weighted by molar-refractivity contribution is -0.122. The summed E-state index contributed by atoms with van der Waals surface area (Å²) in [6.45, 7) is 1.88. The van der Waals surface area contributed by atoms with E-state index in [0.29, 0.717) is 34.4 Å². The summed E-state index contributed by atoms with van der Waals surface area (Å²) in [7, 11) is 0. The van der Waals surface area contributed by atoms with Gasteiger partial charge in [-0.05, 0) is 42.8 Å². The summed E-state index contributed by atoms with van der Waals surface area (Å²) >= 11 is 6.13. The first-order valence-corrected chi connectivity index (χ1v) is 9.09. The Kier molecular flexibility index (Phi) is 6.34. The van der Waals surface area contributed by atoms with E-state index in [-0.39, 0.29) is 5.91 Å². The van der Waals surface area contributed by atoms with E-state index in [1.54, 1.807) is 24.3 Å². The van der Waals surface area contributed by atoms with Gasteiger partial charge in [0.15, 0.2) is 11.9 Å². The molecule has 0 radical (unpaired) electrons. The Labute approximate surface area is 163 Å². The lowest BCUT2D eigenvalue weighted by Crippen LogP contribution is -2.32. The van der Waals surface area contributed by atoms with Gasteiger partial charge in [-0.25, -0.2) is 0 Å². The standard InChI is InChI=1S/C22H20ClNO3/c1-2-19(27-20-14-8-6-12-17(20)23)22(25)24-18-13-7-9-15-21(18)26-16-10-4-3-5-11-16/h3-15,19H,2H2,1H3,(H,24,25)/t19-/m0/s1. The molecule has 0 spiro atoms. The van der Waals surface area contributed by atoms with Gasteiger partial charge in [-0.1, -0.05) is 61.0 Å². The summed E-state index contributed by atoms with van der Waals surface area (Å²) in [5.74, 6) is 1.47. The first kappa shape index (κ1) is 18.8. The molecule has 0 saturated heterocycles. The molecule has 27 heavy (non-hydrogen) atoms. The van der Waals surface area contributed by atoms with Gasteiger partial charge in [0.05, 0.1) is 10.7 Å². The maximum Gasteiger partial charge on any atom is 0.265 e. The number of halogens is 1. The number of benzene rings is 3. The van der Waals surface area contributed by atoms with Crippen LogP contribution in [0.4, 0.5) is 5.69 Å². The Hall–Kier alpha value is -2.98. The van der Waals surface area contributed by atoms with Gasteiger partial charge in [0.1, 0.15) is 11.5 Å². The zero-order valence-electron chi connectivity index (χ0n) is 14.9. The summed E-state index contributed by atoms with van der Waals surface area (Å²) in [5.41, 5.74) is 0.576. The molecule has 4 nitrogen and oxygen atoms in total. The second-order valence-corrected chi connectivity index (χ2v) is 6.25. The highest BCUT2D eigenvalue weighted by atomic mass is 35.5. The van der Waals surface area contributed by atoms with Crippen molar-refractivity contribution in [2.75, 3.05) is 5.32 Å². The molecule has 0 fully saturated rings. The van der Waals surface area contributed by atoms with E-state index in [1.807, 2.05) is 61.5 Å². The topological polar surface area (TPSA) is 47.6 Å². The van der Waals surface area contributed by atoms with Crippen LogP contribution in [0.5, 0.6) is 17.2 Å². The maximum absolute atomic E-state index is 12.7. The van der Waals surface area contributed by atoms with E-state index < -0.39 is 6.10 Å². The molecular formula is C22H20ClNO3. The second kappa shape index (κ2) is 9.10. The predicted molar refractivity (Wildman–Crippen MR) is 108 cm³/mol. The summed E-state index contributed by atoms with van der Waals surface area (Å²) < 4.78 is 11.7. The van der Waals surface area contributed by atoms with Crippen molar-refractivity contribution in [3.05, 3.63) is 83.9 Å². The number of hydrogen-bond acceptors (Lipinski definition) is 3. The molecule has 0 aliphatic carbocycles. The minimum absolute atomic E-state index is 0.262. The van der Waals surface area contributed by atoms with Crippen LogP contribution in [0.15, 0.2) is 78.9 Å². The van der Waals surface area contributed by atoms with E-state index in [9.17, 15) is 4.79 Å². The summed E-state index contributed by atoms with van der Waals surface area (Å²) in [6.07, 6.45) is -0.173. The Bertz CT molecular complexity index is 899. The van der Waals surface area contributed by atoms with Crippen molar-refractivity contribution in [2.45, 2.75) is 19.4 Å². The minimum atomic E-state index is -0.672. The summed E-state index contributed by atoms with van der Waals surface area (Å²) in [5, 5.41) is 3.36. The molecule has 138 valence electrons. The molecule has 0 unspecified atom stereocenters. The normalized spacial score (nSPS) is 11.5. The van der Waals surface area contributed by atoms with Crippen molar-refractivity contribution in [3.8, 4) is 17.2 Å². The average molecular weight is 382 g/mol. The van der Waals surface area contributed by atoms with Crippen molar-refractivity contribution < 1.29 is 14.3 Å². The van der Waals surface area contributed by atoms with E-state index >= 15 is 0 Å². The summed E-state index contributed by atoms with van der Waals surface area (Å²) in [4.78, 5) is 12.7. The number of amides is 1. The number of hydrogen-bond donors (Lipinski definition) is 1. The molecule has 1 amide bonds. The molecule has 1 atom stereocenters. The smallest absolute Gasteiger partial charge is 0.265 e. The van der Waals surface area contributed by atoms with Crippen molar-refractivity contribution in [3.63, 3.8) is 0 Å². The van der Waals surface area contributed by atoms with Crippen LogP contribution < -0.4 is 14.8 Å². The molecule has 5 heteroatoms. The van der Waals surface area contributed by atoms with Gasteiger partial charge >= 0.3 is 0 Å². The lowest BCUT2D eigenvalue weighted by atomic mass is 10.2. The third kappa shape index (κ3) is 5.02.